The van der Waals surface area contributed by atoms with E-state index in [1.54, 1.807) is 24.4 Å². The monoisotopic (exact) mass is 253 g/mol. The third-order valence-corrected chi connectivity index (χ3v) is 2.25. The van der Waals surface area contributed by atoms with Crippen LogP contribution in [0.15, 0.2) is 52.4 Å². The van der Waals surface area contributed by atoms with Gasteiger partial charge < -0.3 is 9.84 Å². The maximum Gasteiger partial charge on any atom is 0.341 e. The highest BCUT2D eigenvalue weighted by molar-refractivity contribution is 6.38. The summed E-state index contributed by atoms with van der Waals surface area (Å²) in [5.74, 6) is -0.706. The van der Waals surface area contributed by atoms with Gasteiger partial charge in [0.1, 0.15) is 11.5 Å². The molecule has 1 aliphatic rings. The summed E-state index contributed by atoms with van der Waals surface area (Å²) in [6.07, 6.45) is 6.47. The van der Waals surface area contributed by atoms with Crippen LogP contribution in [0.5, 0.6) is 0 Å². The van der Waals surface area contributed by atoms with E-state index in [0.29, 0.717) is 22.1 Å². The molecule has 0 saturated heterocycles. The van der Waals surface area contributed by atoms with E-state index in [2.05, 4.69) is 11.6 Å². The average molecular weight is 254 g/mol. The molecule has 0 aliphatic heterocycles. The van der Waals surface area contributed by atoms with Gasteiger partial charge in [-0.05, 0) is 19.1 Å². The van der Waals surface area contributed by atoms with Crippen molar-refractivity contribution in [2.75, 3.05) is 6.61 Å². The predicted molar refractivity (Wildman–Crippen MR) is 67.0 cm³/mol. The van der Waals surface area contributed by atoms with Crippen LogP contribution in [0.3, 0.4) is 0 Å². The summed E-state index contributed by atoms with van der Waals surface area (Å²) in [4.78, 5) is 14.6. The normalized spacial score (nSPS) is 18.2. The van der Waals surface area contributed by atoms with Gasteiger partial charge in [0, 0.05) is 16.8 Å². The molecular formula is C12H12ClNO3. The molecule has 5 heteroatoms. The van der Waals surface area contributed by atoms with Gasteiger partial charge in [0.15, 0.2) is 6.61 Å². The van der Waals surface area contributed by atoms with Crippen molar-refractivity contribution >= 4 is 23.3 Å². The first-order valence-electron chi connectivity index (χ1n) is 4.87. The summed E-state index contributed by atoms with van der Waals surface area (Å²) in [7, 11) is 0. The molecule has 0 amide bonds. The second-order valence-electron chi connectivity index (χ2n) is 3.17. The highest BCUT2D eigenvalue weighted by atomic mass is 35.5. The summed E-state index contributed by atoms with van der Waals surface area (Å²) >= 11 is 5.91. The molecule has 0 aromatic heterocycles. The van der Waals surface area contributed by atoms with Crippen molar-refractivity contribution in [1.29, 1.82) is 0 Å². The second-order valence-corrected chi connectivity index (χ2v) is 3.57. The number of rotatable bonds is 4. The molecule has 0 aromatic rings. The third-order valence-electron chi connectivity index (χ3n) is 1.89. The van der Waals surface area contributed by atoms with Crippen molar-refractivity contribution in [2.45, 2.75) is 6.92 Å². The van der Waals surface area contributed by atoms with Gasteiger partial charge in [-0.3, -0.25) is 4.99 Å². The highest BCUT2D eigenvalue weighted by Crippen LogP contribution is 2.24. The number of halogens is 1. The largest absolute Gasteiger partial charge is 0.480 e. The summed E-state index contributed by atoms with van der Waals surface area (Å²) in [6.45, 7) is 5.16. The molecule has 0 unspecified atom stereocenters. The molecule has 4 nitrogen and oxygen atoms in total. The molecule has 1 N–H and O–H groups in total. The lowest BCUT2D eigenvalue weighted by Crippen LogP contribution is -2.16. The Bertz CT molecular complexity index is 458. The molecule has 90 valence electrons. The molecule has 0 saturated carbocycles. The maximum absolute atomic E-state index is 10.4. The van der Waals surface area contributed by atoms with Gasteiger partial charge in [0.2, 0.25) is 0 Å². The Morgan fingerprint density at radius 2 is 2.35 bits per heavy atom. The van der Waals surface area contributed by atoms with Crippen LogP contribution in [0.2, 0.25) is 0 Å². The van der Waals surface area contributed by atoms with E-state index in [0.717, 1.165) is 0 Å². The number of ether oxygens (including phenoxy) is 1. The van der Waals surface area contributed by atoms with E-state index >= 15 is 0 Å². The number of carboxylic acid groups (broad SMARTS) is 1. The Balaban J connectivity index is 2.97. The molecule has 0 atom stereocenters. The zero-order valence-corrected chi connectivity index (χ0v) is 10.1. The number of carbonyl (C=O) groups is 1. The van der Waals surface area contributed by atoms with Gasteiger partial charge in [-0.2, -0.15) is 0 Å². The van der Waals surface area contributed by atoms with Gasteiger partial charge in [-0.15, -0.1) is 0 Å². The molecule has 0 spiro atoms. The quantitative estimate of drug-likeness (QED) is 0.838. The van der Waals surface area contributed by atoms with E-state index in [-0.39, 0.29) is 0 Å². The number of allylic oxidation sites excluding steroid dienone is 5. The lowest BCUT2D eigenvalue weighted by Gasteiger charge is -2.16. The fourth-order valence-electron chi connectivity index (χ4n) is 1.14. The Kier molecular flexibility index (Phi) is 4.72. The number of nitrogens with zero attached hydrogens (tertiary/aromatic N) is 1. The van der Waals surface area contributed by atoms with E-state index in [1.807, 2.05) is 6.92 Å². The van der Waals surface area contributed by atoms with Crippen LogP contribution >= 0.6 is 11.6 Å². The van der Waals surface area contributed by atoms with Crippen LogP contribution in [0.1, 0.15) is 6.92 Å². The topological polar surface area (TPSA) is 58.9 Å². The number of aliphatic carboxylic acids is 1. The van der Waals surface area contributed by atoms with Gasteiger partial charge in [0.25, 0.3) is 0 Å². The van der Waals surface area contributed by atoms with Crippen molar-refractivity contribution in [3.05, 3.63) is 47.4 Å². The average Bonchev–Trinajstić information content (AvgIpc) is 2.29. The minimum atomic E-state index is -1.05. The van der Waals surface area contributed by atoms with Gasteiger partial charge in [-0.1, -0.05) is 24.3 Å². The fraction of sp³-hybridized carbons (Fsp3) is 0.167. The molecule has 0 bridgehead atoms. The lowest BCUT2D eigenvalue weighted by atomic mass is 10.1. The zero-order valence-electron chi connectivity index (χ0n) is 9.31. The van der Waals surface area contributed by atoms with Crippen LogP contribution in [0, 0.1) is 0 Å². The fourth-order valence-corrected chi connectivity index (χ4v) is 1.29. The first kappa shape index (κ1) is 13.3. The summed E-state index contributed by atoms with van der Waals surface area (Å²) in [5, 5.41) is 9.01. The van der Waals surface area contributed by atoms with Crippen molar-refractivity contribution in [3.8, 4) is 0 Å². The molecule has 1 aliphatic carbocycles. The number of hydrogen-bond acceptors (Lipinski definition) is 3. The molecule has 1 rings (SSSR count). The minimum Gasteiger partial charge on any atom is -0.480 e. The van der Waals surface area contributed by atoms with Crippen LogP contribution in [0.4, 0.5) is 0 Å². The summed E-state index contributed by atoms with van der Waals surface area (Å²) in [6, 6.07) is 0. The number of hydrogen-bond donors (Lipinski definition) is 1. The highest BCUT2D eigenvalue weighted by Gasteiger charge is 2.19. The van der Waals surface area contributed by atoms with E-state index in [4.69, 9.17) is 21.4 Å². The van der Waals surface area contributed by atoms with Gasteiger partial charge in [0.05, 0.1) is 0 Å². The molecule has 0 fully saturated rings. The summed E-state index contributed by atoms with van der Waals surface area (Å²) in [5.41, 5.74) is 0.949. The molecule has 0 heterocycles. The van der Waals surface area contributed by atoms with Crippen LogP contribution in [-0.4, -0.2) is 23.4 Å². The summed E-state index contributed by atoms with van der Waals surface area (Å²) < 4.78 is 5.11. The predicted octanol–water partition coefficient (Wildman–Crippen LogP) is 2.64. The molecule has 0 radical (unpaired) electrons. The van der Waals surface area contributed by atoms with Crippen LogP contribution < -0.4 is 0 Å². The van der Waals surface area contributed by atoms with Crippen molar-refractivity contribution in [1.82, 2.24) is 0 Å². The smallest absolute Gasteiger partial charge is 0.341 e. The molecule has 17 heavy (non-hydrogen) atoms. The minimum absolute atomic E-state index is 0.347. The zero-order chi connectivity index (χ0) is 12.8. The number of aliphatic imine (C=N–C) groups is 1. The van der Waals surface area contributed by atoms with Crippen LogP contribution in [-0.2, 0) is 9.53 Å². The first-order chi connectivity index (χ1) is 8.06. The third kappa shape index (κ3) is 3.60. The molecule has 0 aromatic carbocycles. The first-order valence-corrected chi connectivity index (χ1v) is 5.25. The Morgan fingerprint density at radius 3 is 2.94 bits per heavy atom. The SMILES string of the molecule is C=C1C(Cl)=CC=C(OCC(=O)O)/C1=N/C=C\C. The van der Waals surface area contributed by atoms with E-state index in [1.165, 1.54) is 0 Å². The lowest BCUT2D eigenvalue weighted by molar-refractivity contribution is -0.140. The van der Waals surface area contributed by atoms with Crippen LogP contribution in [0.25, 0.3) is 0 Å². The second kappa shape index (κ2) is 6.06. The van der Waals surface area contributed by atoms with Crippen molar-refractivity contribution in [2.24, 2.45) is 4.99 Å². The van der Waals surface area contributed by atoms with Crippen molar-refractivity contribution in [3.63, 3.8) is 0 Å². The number of carboxylic acids is 1. The Morgan fingerprint density at radius 1 is 1.65 bits per heavy atom. The maximum atomic E-state index is 10.4. The van der Waals surface area contributed by atoms with Gasteiger partial charge in [-0.25, -0.2) is 4.79 Å². The molecular weight excluding hydrogens is 242 g/mol. The standard InChI is InChI=1S/C12H12ClNO3/c1-3-6-14-12-8(2)9(13)4-5-10(12)17-7-11(15)16/h3-6H,2,7H2,1H3,(H,15,16)/b6-3-,14-12+. The van der Waals surface area contributed by atoms with E-state index in [9.17, 15) is 4.79 Å². The Labute approximate surface area is 104 Å². The van der Waals surface area contributed by atoms with E-state index < -0.39 is 12.6 Å². The Hall–Kier alpha value is -1.81. The van der Waals surface area contributed by atoms with Gasteiger partial charge >= 0.3 is 5.97 Å². The van der Waals surface area contributed by atoms with Crippen molar-refractivity contribution < 1.29 is 14.6 Å².